The highest BCUT2D eigenvalue weighted by Crippen LogP contribution is 2.35. The van der Waals surface area contributed by atoms with Gasteiger partial charge in [0.05, 0.1) is 0 Å². The molecule has 0 bridgehead atoms. The lowest BCUT2D eigenvalue weighted by Crippen LogP contribution is -2.09. The number of anilines is 3. The van der Waals surface area contributed by atoms with E-state index >= 15 is 0 Å². The highest BCUT2D eigenvalue weighted by atomic mass is 79.9. The van der Waals surface area contributed by atoms with E-state index in [0.717, 1.165) is 27.1 Å². The third-order valence-electron chi connectivity index (χ3n) is 3.80. The Kier molecular flexibility index (Phi) is 5.49. The molecule has 0 aromatic heterocycles. The van der Waals surface area contributed by atoms with Crippen LogP contribution in [0.3, 0.4) is 0 Å². The molecule has 3 aromatic rings. The minimum atomic E-state index is 0.0885. The molecule has 0 heterocycles. The number of rotatable bonds is 4. The van der Waals surface area contributed by atoms with Crippen LogP contribution in [0.4, 0.5) is 17.1 Å². The summed E-state index contributed by atoms with van der Waals surface area (Å²) in [6, 6.07) is 29.7. The van der Waals surface area contributed by atoms with E-state index in [0.29, 0.717) is 0 Å². The van der Waals surface area contributed by atoms with Gasteiger partial charge in [0.25, 0.3) is 0 Å². The van der Waals surface area contributed by atoms with Crippen LogP contribution in [0.2, 0.25) is 0 Å². The molecule has 124 valence electrons. The second kappa shape index (κ2) is 8.16. The predicted molar refractivity (Wildman–Crippen MR) is 108 cm³/mol. The summed E-state index contributed by atoms with van der Waals surface area (Å²) in [5.41, 5.74) is 3.98. The van der Waals surface area contributed by atoms with Crippen LogP contribution in [0.25, 0.3) is 6.08 Å². The van der Waals surface area contributed by atoms with Gasteiger partial charge < -0.3 is 4.90 Å². The normalized spacial score (nSPS) is 9.65. The van der Waals surface area contributed by atoms with Gasteiger partial charge in [-0.1, -0.05) is 46.3 Å². The van der Waals surface area contributed by atoms with Crippen molar-refractivity contribution >= 4 is 39.1 Å². The number of nitrogens with zero attached hydrogens (tertiary/aromatic N) is 3. The number of hydrogen-bond acceptors (Lipinski definition) is 3. The molecular weight excluding hydrogens is 386 g/mol. The molecule has 0 N–H and O–H groups in total. The van der Waals surface area contributed by atoms with Crippen molar-refractivity contribution in [3.05, 3.63) is 94.5 Å². The molecule has 0 aliphatic heterocycles. The van der Waals surface area contributed by atoms with Gasteiger partial charge in [0.1, 0.15) is 17.7 Å². The van der Waals surface area contributed by atoms with E-state index in [4.69, 9.17) is 10.5 Å². The van der Waals surface area contributed by atoms with Crippen molar-refractivity contribution in [2.75, 3.05) is 4.90 Å². The number of halogens is 1. The maximum absolute atomic E-state index is 8.90. The molecule has 0 fully saturated rings. The fourth-order valence-corrected chi connectivity index (χ4v) is 2.85. The van der Waals surface area contributed by atoms with Crippen LogP contribution in [0.5, 0.6) is 0 Å². The first-order valence-electron chi connectivity index (χ1n) is 7.94. The summed E-state index contributed by atoms with van der Waals surface area (Å²) < 4.78 is 1.02. The number of nitriles is 2. The van der Waals surface area contributed by atoms with E-state index in [1.165, 1.54) is 0 Å². The van der Waals surface area contributed by atoms with E-state index < -0.39 is 0 Å². The minimum absolute atomic E-state index is 0.0885. The number of hydrogen-bond donors (Lipinski definition) is 0. The summed E-state index contributed by atoms with van der Waals surface area (Å²) in [7, 11) is 0. The number of benzene rings is 3. The Balaban J connectivity index is 2.03. The maximum Gasteiger partial charge on any atom is 0.130 e. The van der Waals surface area contributed by atoms with Gasteiger partial charge in [-0.3, -0.25) is 0 Å². The zero-order valence-electron chi connectivity index (χ0n) is 13.8. The van der Waals surface area contributed by atoms with Crippen LogP contribution in [0.15, 0.2) is 88.9 Å². The third kappa shape index (κ3) is 4.00. The first kappa shape index (κ1) is 17.5. The van der Waals surface area contributed by atoms with E-state index in [1.54, 1.807) is 6.08 Å². The Morgan fingerprint density at radius 2 is 1.23 bits per heavy atom. The Morgan fingerprint density at radius 1 is 0.731 bits per heavy atom. The van der Waals surface area contributed by atoms with Crippen molar-refractivity contribution in [2.45, 2.75) is 0 Å². The highest BCUT2D eigenvalue weighted by Gasteiger charge is 2.11. The topological polar surface area (TPSA) is 50.8 Å². The summed E-state index contributed by atoms with van der Waals surface area (Å²) in [4.78, 5) is 2.15. The third-order valence-corrected chi connectivity index (χ3v) is 4.33. The lowest BCUT2D eigenvalue weighted by Gasteiger charge is -2.25. The van der Waals surface area contributed by atoms with E-state index in [-0.39, 0.29) is 5.57 Å². The molecule has 0 spiro atoms. The van der Waals surface area contributed by atoms with Gasteiger partial charge in [-0.05, 0) is 60.2 Å². The smallest absolute Gasteiger partial charge is 0.130 e. The molecule has 0 saturated heterocycles. The Hall–Kier alpha value is -3.34. The summed E-state index contributed by atoms with van der Waals surface area (Å²) in [5.74, 6) is 0. The Labute approximate surface area is 161 Å². The van der Waals surface area contributed by atoms with Crippen LogP contribution >= 0.6 is 15.9 Å². The van der Waals surface area contributed by atoms with Crippen molar-refractivity contribution in [1.82, 2.24) is 0 Å². The largest absolute Gasteiger partial charge is 0.311 e. The van der Waals surface area contributed by atoms with Crippen molar-refractivity contribution in [2.24, 2.45) is 0 Å². The monoisotopic (exact) mass is 399 g/mol. The van der Waals surface area contributed by atoms with Gasteiger partial charge in [-0.2, -0.15) is 10.5 Å². The second-order valence-corrected chi connectivity index (χ2v) is 6.44. The van der Waals surface area contributed by atoms with Crippen LogP contribution in [-0.4, -0.2) is 0 Å². The van der Waals surface area contributed by atoms with Gasteiger partial charge in [0, 0.05) is 21.5 Å². The van der Waals surface area contributed by atoms with Crippen molar-refractivity contribution in [3.8, 4) is 12.1 Å². The predicted octanol–water partition coefficient (Wildman–Crippen LogP) is 6.35. The average Bonchev–Trinajstić information content (AvgIpc) is 2.70. The van der Waals surface area contributed by atoms with Crippen LogP contribution in [0, 0.1) is 22.7 Å². The molecule has 0 radical (unpaired) electrons. The molecule has 26 heavy (non-hydrogen) atoms. The molecule has 0 saturated carbocycles. The van der Waals surface area contributed by atoms with Gasteiger partial charge in [-0.15, -0.1) is 0 Å². The first-order chi connectivity index (χ1) is 12.7. The molecular formula is C22H14BrN3. The zero-order valence-corrected chi connectivity index (χ0v) is 15.4. The van der Waals surface area contributed by atoms with E-state index in [9.17, 15) is 0 Å². The van der Waals surface area contributed by atoms with Crippen LogP contribution in [-0.2, 0) is 0 Å². The SMILES string of the molecule is N#CC(C#N)=Cc1ccc(N(c2ccccc2)c2ccc(Br)cc2)cc1. The molecule has 3 aromatic carbocycles. The lowest BCUT2D eigenvalue weighted by molar-refractivity contribution is 1.28. The van der Waals surface area contributed by atoms with Crippen molar-refractivity contribution < 1.29 is 0 Å². The fraction of sp³-hybridized carbons (Fsp3) is 0. The van der Waals surface area contributed by atoms with E-state index in [1.807, 2.05) is 78.9 Å². The molecule has 0 atom stereocenters. The first-order valence-corrected chi connectivity index (χ1v) is 8.73. The van der Waals surface area contributed by atoms with Gasteiger partial charge in [-0.25, -0.2) is 0 Å². The summed E-state index contributed by atoms with van der Waals surface area (Å²) in [5, 5.41) is 17.8. The molecule has 4 heteroatoms. The minimum Gasteiger partial charge on any atom is -0.311 e. The molecule has 0 aliphatic carbocycles. The zero-order chi connectivity index (χ0) is 18.4. The molecule has 0 unspecified atom stereocenters. The van der Waals surface area contributed by atoms with Crippen LogP contribution in [0.1, 0.15) is 5.56 Å². The summed E-state index contributed by atoms with van der Waals surface area (Å²) >= 11 is 3.48. The van der Waals surface area contributed by atoms with Crippen molar-refractivity contribution in [3.63, 3.8) is 0 Å². The summed E-state index contributed by atoms with van der Waals surface area (Å²) in [6.45, 7) is 0. The molecule has 0 aliphatic rings. The molecule has 3 nitrogen and oxygen atoms in total. The molecule has 0 amide bonds. The standard InChI is InChI=1S/C22H14BrN3/c23-19-8-12-22(13-9-19)26(20-4-2-1-3-5-20)21-10-6-17(7-11-21)14-18(15-24)16-25/h1-14H. The van der Waals surface area contributed by atoms with Crippen molar-refractivity contribution in [1.29, 1.82) is 10.5 Å². The summed E-state index contributed by atoms with van der Waals surface area (Å²) in [6.07, 6.45) is 1.58. The Bertz CT molecular complexity index is 976. The lowest BCUT2D eigenvalue weighted by atomic mass is 10.1. The second-order valence-electron chi connectivity index (χ2n) is 5.52. The highest BCUT2D eigenvalue weighted by molar-refractivity contribution is 9.10. The quantitative estimate of drug-likeness (QED) is 0.480. The Morgan fingerprint density at radius 3 is 1.77 bits per heavy atom. The fourth-order valence-electron chi connectivity index (χ4n) is 2.59. The number of para-hydroxylation sites is 1. The molecule has 3 rings (SSSR count). The van der Waals surface area contributed by atoms with E-state index in [2.05, 4.69) is 33.0 Å². The van der Waals surface area contributed by atoms with Crippen LogP contribution < -0.4 is 4.90 Å². The number of allylic oxidation sites excluding steroid dienone is 1. The maximum atomic E-state index is 8.90. The average molecular weight is 400 g/mol. The van der Waals surface area contributed by atoms with Gasteiger partial charge in [0.2, 0.25) is 0 Å². The van der Waals surface area contributed by atoms with Gasteiger partial charge >= 0.3 is 0 Å². The van der Waals surface area contributed by atoms with Gasteiger partial charge in [0.15, 0.2) is 0 Å².